The van der Waals surface area contributed by atoms with Crippen molar-refractivity contribution in [1.29, 1.82) is 0 Å². The first kappa shape index (κ1) is 16.4. The van der Waals surface area contributed by atoms with Crippen molar-refractivity contribution in [1.82, 2.24) is 6.15 Å². The van der Waals surface area contributed by atoms with Gasteiger partial charge in [0, 0.05) is 5.75 Å². The fourth-order valence-electron chi connectivity index (χ4n) is 0.324. The highest BCUT2D eigenvalue weighted by Crippen LogP contribution is 1.87. The minimum atomic E-state index is -0.164. The Morgan fingerprint density at radius 2 is 2.10 bits per heavy atom. The smallest absolute Gasteiger partial charge is 0.306 e. The molecule has 10 heavy (non-hydrogen) atoms. The van der Waals surface area contributed by atoms with Gasteiger partial charge >= 0.3 is 5.97 Å². The number of hydrogen-bond donors (Lipinski definition) is 2. The molecule has 0 aliphatic heterocycles. The van der Waals surface area contributed by atoms with Gasteiger partial charge in [0.15, 0.2) is 0 Å². The molecule has 5 heteroatoms. The van der Waals surface area contributed by atoms with Gasteiger partial charge in [-0.1, -0.05) is 0 Å². The summed E-state index contributed by atoms with van der Waals surface area (Å²) in [5.41, 5.74) is 0. The molecule has 4 nitrogen and oxygen atoms in total. The number of rotatable bonds is 3. The summed E-state index contributed by atoms with van der Waals surface area (Å²) in [6.45, 7) is 2.25. The monoisotopic (exact) mass is 169 g/mol. The molecule has 0 radical (unpaired) electrons. The SMILES string of the molecule is CCOC(=O)CCS.N.O. The molecule has 0 atom stereocenters. The molecular formula is C5H15NO3S. The summed E-state index contributed by atoms with van der Waals surface area (Å²) in [5, 5.41) is 0. The Kier molecular flexibility index (Phi) is 18.9. The van der Waals surface area contributed by atoms with Gasteiger partial charge in [0.05, 0.1) is 13.0 Å². The third-order valence-corrected chi connectivity index (χ3v) is 0.845. The van der Waals surface area contributed by atoms with Crippen LogP contribution in [0.25, 0.3) is 0 Å². The normalized spacial score (nSPS) is 7.00. The van der Waals surface area contributed by atoms with Crippen molar-refractivity contribution < 1.29 is 15.0 Å². The zero-order valence-corrected chi connectivity index (χ0v) is 6.99. The molecule has 0 bridgehead atoms. The maximum absolute atomic E-state index is 10.4. The third kappa shape index (κ3) is 10.7. The van der Waals surface area contributed by atoms with Gasteiger partial charge in [-0.05, 0) is 6.92 Å². The predicted molar refractivity (Wildman–Crippen MR) is 43.7 cm³/mol. The van der Waals surface area contributed by atoms with Crippen molar-refractivity contribution in [2.45, 2.75) is 13.3 Å². The summed E-state index contributed by atoms with van der Waals surface area (Å²) in [7, 11) is 0. The molecule has 0 spiro atoms. The van der Waals surface area contributed by atoms with E-state index in [1.807, 2.05) is 0 Å². The Bertz CT molecular complexity index is 71.3. The first-order chi connectivity index (χ1) is 3.81. The van der Waals surface area contributed by atoms with E-state index in [0.29, 0.717) is 18.8 Å². The fraction of sp³-hybridized carbons (Fsp3) is 0.800. The Balaban J connectivity index is -0.000000245. The summed E-state index contributed by atoms with van der Waals surface area (Å²) >= 11 is 3.85. The molecule has 0 saturated carbocycles. The molecule has 0 aromatic heterocycles. The van der Waals surface area contributed by atoms with Crippen LogP contribution in [0.15, 0.2) is 0 Å². The van der Waals surface area contributed by atoms with E-state index in [2.05, 4.69) is 17.4 Å². The van der Waals surface area contributed by atoms with Crippen molar-refractivity contribution in [2.75, 3.05) is 12.4 Å². The van der Waals surface area contributed by atoms with Crippen molar-refractivity contribution in [2.24, 2.45) is 0 Å². The first-order valence-corrected chi connectivity index (χ1v) is 3.21. The van der Waals surface area contributed by atoms with E-state index < -0.39 is 0 Å². The summed E-state index contributed by atoms with van der Waals surface area (Å²) in [6.07, 6.45) is 0.414. The van der Waals surface area contributed by atoms with Crippen LogP contribution in [0.1, 0.15) is 13.3 Å². The highest BCUT2D eigenvalue weighted by Gasteiger charge is 1.95. The van der Waals surface area contributed by atoms with Crippen molar-refractivity contribution >= 4 is 18.6 Å². The first-order valence-electron chi connectivity index (χ1n) is 2.57. The average molecular weight is 169 g/mol. The van der Waals surface area contributed by atoms with Gasteiger partial charge in [-0.25, -0.2) is 0 Å². The minimum Gasteiger partial charge on any atom is -0.466 e. The van der Waals surface area contributed by atoms with E-state index in [4.69, 9.17) is 0 Å². The molecule has 0 aliphatic rings. The second-order valence-electron chi connectivity index (χ2n) is 1.28. The van der Waals surface area contributed by atoms with Crippen LogP contribution in [0.2, 0.25) is 0 Å². The summed E-state index contributed by atoms with van der Waals surface area (Å²) < 4.78 is 4.59. The molecule has 64 valence electrons. The lowest BCUT2D eigenvalue weighted by molar-refractivity contribution is -0.142. The number of ether oxygens (including phenoxy) is 1. The number of thiol groups is 1. The molecular weight excluding hydrogens is 154 g/mol. The lowest BCUT2D eigenvalue weighted by atomic mass is 10.5. The Morgan fingerprint density at radius 1 is 1.60 bits per heavy atom. The Hall–Kier alpha value is -0.260. The van der Waals surface area contributed by atoms with Crippen LogP contribution in [-0.2, 0) is 9.53 Å². The van der Waals surface area contributed by atoms with Crippen LogP contribution in [0.4, 0.5) is 0 Å². The van der Waals surface area contributed by atoms with Crippen LogP contribution < -0.4 is 6.15 Å². The van der Waals surface area contributed by atoms with Crippen LogP contribution in [-0.4, -0.2) is 23.8 Å². The second kappa shape index (κ2) is 11.5. The molecule has 0 heterocycles. The molecule has 0 rings (SSSR count). The van der Waals surface area contributed by atoms with Gasteiger partial charge in [0.25, 0.3) is 0 Å². The summed E-state index contributed by atoms with van der Waals surface area (Å²) in [6, 6.07) is 0. The van der Waals surface area contributed by atoms with Gasteiger partial charge in [0.2, 0.25) is 0 Å². The highest BCUT2D eigenvalue weighted by atomic mass is 32.1. The average Bonchev–Trinajstić information content (AvgIpc) is 1.68. The Morgan fingerprint density at radius 3 is 2.40 bits per heavy atom. The van der Waals surface area contributed by atoms with E-state index in [-0.39, 0.29) is 17.6 Å². The molecule has 5 N–H and O–H groups in total. The van der Waals surface area contributed by atoms with Crippen molar-refractivity contribution in [3.05, 3.63) is 0 Å². The third-order valence-electron chi connectivity index (χ3n) is 0.621. The van der Waals surface area contributed by atoms with Gasteiger partial charge in [-0.2, -0.15) is 12.6 Å². The van der Waals surface area contributed by atoms with Crippen LogP contribution in [0, 0.1) is 0 Å². The molecule has 0 aromatic rings. The van der Waals surface area contributed by atoms with E-state index in [9.17, 15) is 4.79 Å². The number of esters is 1. The molecule has 0 aliphatic carbocycles. The van der Waals surface area contributed by atoms with Crippen LogP contribution in [0.3, 0.4) is 0 Å². The zero-order chi connectivity index (χ0) is 6.41. The number of carbonyl (C=O) groups is 1. The van der Waals surface area contributed by atoms with E-state index >= 15 is 0 Å². The van der Waals surface area contributed by atoms with E-state index in [1.165, 1.54) is 0 Å². The minimum absolute atomic E-state index is 0. The lowest BCUT2D eigenvalue weighted by Gasteiger charge is -1.96. The zero-order valence-electron chi connectivity index (χ0n) is 6.09. The quantitative estimate of drug-likeness (QED) is 0.467. The number of carbonyl (C=O) groups excluding carboxylic acids is 1. The van der Waals surface area contributed by atoms with Crippen LogP contribution in [0.5, 0.6) is 0 Å². The second-order valence-corrected chi connectivity index (χ2v) is 1.73. The molecule has 0 fully saturated rings. The van der Waals surface area contributed by atoms with Gasteiger partial charge in [-0.15, -0.1) is 0 Å². The van der Waals surface area contributed by atoms with E-state index in [0.717, 1.165) is 0 Å². The molecule has 0 unspecified atom stereocenters. The number of hydrogen-bond acceptors (Lipinski definition) is 4. The highest BCUT2D eigenvalue weighted by molar-refractivity contribution is 7.80. The topological polar surface area (TPSA) is 92.8 Å². The summed E-state index contributed by atoms with van der Waals surface area (Å²) in [5.74, 6) is 0.404. The maximum Gasteiger partial charge on any atom is 0.306 e. The largest absolute Gasteiger partial charge is 0.466 e. The van der Waals surface area contributed by atoms with Crippen molar-refractivity contribution in [3.8, 4) is 0 Å². The molecule has 0 saturated heterocycles. The maximum atomic E-state index is 10.4. The predicted octanol–water partition coefficient (Wildman–Crippen LogP) is 0.207. The van der Waals surface area contributed by atoms with Gasteiger partial charge in [-0.3, -0.25) is 4.79 Å². The van der Waals surface area contributed by atoms with Crippen LogP contribution >= 0.6 is 12.6 Å². The fourth-order valence-corrected chi connectivity index (χ4v) is 0.507. The van der Waals surface area contributed by atoms with Gasteiger partial charge in [0.1, 0.15) is 0 Å². The van der Waals surface area contributed by atoms with E-state index in [1.54, 1.807) is 6.92 Å². The van der Waals surface area contributed by atoms with Crippen molar-refractivity contribution in [3.63, 3.8) is 0 Å². The van der Waals surface area contributed by atoms with Gasteiger partial charge < -0.3 is 16.4 Å². The Labute approximate surface area is 66.2 Å². The standard InChI is InChI=1S/C5H10O2S.H3N.H2O/c1-2-7-5(6)3-4-8;;/h8H,2-4H2,1H3;1H3;1H2. The summed E-state index contributed by atoms with van der Waals surface area (Å²) in [4.78, 5) is 10.4. The molecule has 0 aromatic carbocycles. The lowest BCUT2D eigenvalue weighted by Crippen LogP contribution is -2.03. The molecule has 0 amide bonds.